The Bertz CT molecular complexity index is 268. The minimum atomic E-state index is -1.04. The zero-order valence-electron chi connectivity index (χ0n) is 10.8. The number of aliphatic hydroxyl groups is 1. The molecule has 0 aliphatic heterocycles. The highest BCUT2D eigenvalue weighted by atomic mass is 16.4. The van der Waals surface area contributed by atoms with Crippen LogP contribution in [-0.2, 0) is 4.79 Å². The molecule has 0 aromatic carbocycles. The molecule has 0 aliphatic rings. The summed E-state index contributed by atoms with van der Waals surface area (Å²) in [6.07, 6.45) is 0.0230. The molecular formula is C11H22N2O4. The lowest BCUT2D eigenvalue weighted by molar-refractivity contribution is -0.140. The monoisotopic (exact) mass is 246 g/mol. The molecule has 0 heterocycles. The van der Waals surface area contributed by atoms with Gasteiger partial charge in [0.25, 0.3) is 0 Å². The summed E-state index contributed by atoms with van der Waals surface area (Å²) in [6, 6.07) is -1.39. The maximum absolute atomic E-state index is 11.7. The highest BCUT2D eigenvalue weighted by molar-refractivity contribution is 5.82. The van der Waals surface area contributed by atoms with E-state index in [4.69, 9.17) is 10.2 Å². The minimum Gasteiger partial charge on any atom is -0.480 e. The fourth-order valence-corrected chi connectivity index (χ4v) is 1.41. The van der Waals surface area contributed by atoms with Crippen LogP contribution in [-0.4, -0.2) is 52.9 Å². The van der Waals surface area contributed by atoms with Gasteiger partial charge in [0, 0.05) is 13.6 Å². The molecule has 3 N–H and O–H groups in total. The standard InChI is InChI=1S/C11H22N2O4/c1-5-7(2)9(10(15)16)12-11(17)13(4)6-8(3)14/h7-9,14H,5-6H2,1-4H3,(H,12,17)(H,15,16)/t7?,8?,9-/m0/s1. The van der Waals surface area contributed by atoms with Gasteiger partial charge in [-0.15, -0.1) is 0 Å². The number of nitrogens with zero attached hydrogens (tertiary/aromatic N) is 1. The van der Waals surface area contributed by atoms with Gasteiger partial charge in [0.2, 0.25) is 0 Å². The van der Waals surface area contributed by atoms with Crippen LogP contribution in [0.25, 0.3) is 0 Å². The predicted octanol–water partition coefficient (Wildman–Crippen LogP) is 0.508. The molecule has 2 unspecified atom stereocenters. The molecule has 17 heavy (non-hydrogen) atoms. The van der Waals surface area contributed by atoms with Gasteiger partial charge >= 0.3 is 12.0 Å². The number of carbonyl (C=O) groups excluding carboxylic acids is 1. The summed E-state index contributed by atoms with van der Waals surface area (Å²) >= 11 is 0. The van der Waals surface area contributed by atoms with Crippen LogP contribution in [0.5, 0.6) is 0 Å². The largest absolute Gasteiger partial charge is 0.480 e. The van der Waals surface area contributed by atoms with Crippen molar-refractivity contribution in [3.05, 3.63) is 0 Å². The smallest absolute Gasteiger partial charge is 0.326 e. The van der Waals surface area contributed by atoms with Crippen molar-refractivity contribution in [2.45, 2.75) is 39.3 Å². The average molecular weight is 246 g/mol. The Morgan fingerprint density at radius 1 is 1.35 bits per heavy atom. The van der Waals surface area contributed by atoms with Crippen molar-refractivity contribution < 1.29 is 19.8 Å². The number of urea groups is 1. The number of carbonyl (C=O) groups is 2. The molecule has 0 saturated carbocycles. The summed E-state index contributed by atoms with van der Waals surface area (Å²) in [5.41, 5.74) is 0. The van der Waals surface area contributed by atoms with E-state index < -0.39 is 24.1 Å². The summed E-state index contributed by atoms with van der Waals surface area (Å²) in [7, 11) is 1.51. The number of hydrogen-bond donors (Lipinski definition) is 3. The summed E-state index contributed by atoms with van der Waals surface area (Å²) in [5.74, 6) is -1.19. The average Bonchev–Trinajstić information content (AvgIpc) is 2.22. The third kappa shape index (κ3) is 5.53. The first-order valence-electron chi connectivity index (χ1n) is 5.72. The van der Waals surface area contributed by atoms with Crippen LogP contribution in [0.2, 0.25) is 0 Å². The molecule has 0 radical (unpaired) electrons. The van der Waals surface area contributed by atoms with Crippen molar-refractivity contribution in [1.29, 1.82) is 0 Å². The number of carboxylic acid groups (broad SMARTS) is 1. The number of aliphatic hydroxyl groups excluding tert-OH is 1. The summed E-state index contributed by atoms with van der Waals surface area (Å²) in [5, 5.41) is 20.6. The quantitative estimate of drug-likeness (QED) is 0.637. The lowest BCUT2D eigenvalue weighted by Gasteiger charge is -2.25. The molecule has 0 saturated heterocycles. The third-order valence-electron chi connectivity index (χ3n) is 2.64. The summed E-state index contributed by atoms with van der Waals surface area (Å²) in [6.45, 7) is 5.37. The first kappa shape index (κ1) is 15.7. The number of rotatable bonds is 6. The van der Waals surface area contributed by atoms with Crippen LogP contribution in [0.1, 0.15) is 27.2 Å². The molecule has 0 rings (SSSR count). The van der Waals surface area contributed by atoms with Gasteiger partial charge in [-0.05, 0) is 12.8 Å². The van der Waals surface area contributed by atoms with E-state index in [0.29, 0.717) is 6.42 Å². The van der Waals surface area contributed by atoms with E-state index in [1.807, 2.05) is 6.92 Å². The Morgan fingerprint density at radius 2 is 1.88 bits per heavy atom. The molecule has 2 amide bonds. The highest BCUT2D eigenvalue weighted by Gasteiger charge is 2.26. The van der Waals surface area contributed by atoms with E-state index in [9.17, 15) is 9.59 Å². The van der Waals surface area contributed by atoms with Crippen molar-refractivity contribution in [2.24, 2.45) is 5.92 Å². The zero-order valence-corrected chi connectivity index (χ0v) is 10.8. The normalized spacial score (nSPS) is 15.8. The maximum Gasteiger partial charge on any atom is 0.326 e. The molecule has 3 atom stereocenters. The molecule has 6 heteroatoms. The molecule has 0 bridgehead atoms. The number of aliphatic carboxylic acids is 1. The lowest BCUT2D eigenvalue weighted by atomic mass is 9.99. The second-order valence-electron chi connectivity index (χ2n) is 4.38. The van der Waals surface area contributed by atoms with Gasteiger partial charge < -0.3 is 20.4 Å². The number of nitrogens with one attached hydrogen (secondary N) is 1. The van der Waals surface area contributed by atoms with E-state index in [1.54, 1.807) is 13.8 Å². The molecule has 0 aliphatic carbocycles. The van der Waals surface area contributed by atoms with Gasteiger partial charge in [0.1, 0.15) is 6.04 Å². The SMILES string of the molecule is CCC(C)[C@H](NC(=O)N(C)CC(C)O)C(=O)O. The first-order valence-corrected chi connectivity index (χ1v) is 5.72. The molecule has 0 fully saturated rings. The van der Waals surface area contributed by atoms with E-state index in [0.717, 1.165) is 0 Å². The second-order valence-corrected chi connectivity index (χ2v) is 4.38. The van der Waals surface area contributed by atoms with Gasteiger partial charge in [-0.2, -0.15) is 0 Å². The number of carboxylic acids is 1. The number of likely N-dealkylation sites (N-methyl/N-ethyl adjacent to an activating group) is 1. The summed E-state index contributed by atoms with van der Waals surface area (Å²) < 4.78 is 0. The molecule has 100 valence electrons. The Kier molecular flexibility index (Phi) is 6.57. The van der Waals surface area contributed by atoms with Crippen LogP contribution >= 0.6 is 0 Å². The molecule has 0 aromatic heterocycles. The summed E-state index contributed by atoms with van der Waals surface area (Å²) in [4.78, 5) is 23.9. The van der Waals surface area contributed by atoms with Crippen molar-refractivity contribution in [2.75, 3.05) is 13.6 Å². The molecule has 0 aromatic rings. The fraction of sp³-hybridized carbons (Fsp3) is 0.818. The van der Waals surface area contributed by atoms with Gasteiger partial charge in [0.15, 0.2) is 0 Å². The predicted molar refractivity (Wildman–Crippen MR) is 63.7 cm³/mol. The van der Waals surface area contributed by atoms with Crippen LogP contribution in [0.4, 0.5) is 4.79 Å². The van der Waals surface area contributed by atoms with Crippen LogP contribution in [0, 0.1) is 5.92 Å². The molecular weight excluding hydrogens is 224 g/mol. The van der Waals surface area contributed by atoms with Crippen molar-refractivity contribution >= 4 is 12.0 Å². The van der Waals surface area contributed by atoms with E-state index in [-0.39, 0.29) is 12.5 Å². The van der Waals surface area contributed by atoms with Gasteiger partial charge in [-0.25, -0.2) is 9.59 Å². The second kappa shape index (κ2) is 7.11. The number of hydrogen-bond acceptors (Lipinski definition) is 3. The van der Waals surface area contributed by atoms with E-state index >= 15 is 0 Å². The minimum absolute atomic E-state index is 0.142. The third-order valence-corrected chi connectivity index (χ3v) is 2.64. The Hall–Kier alpha value is -1.30. The van der Waals surface area contributed by atoms with Crippen molar-refractivity contribution in [1.82, 2.24) is 10.2 Å². The Labute approximate surface area is 102 Å². The molecule has 0 spiro atoms. The van der Waals surface area contributed by atoms with Crippen molar-refractivity contribution in [3.8, 4) is 0 Å². The Morgan fingerprint density at radius 3 is 2.24 bits per heavy atom. The van der Waals surface area contributed by atoms with E-state index in [2.05, 4.69) is 5.32 Å². The fourth-order valence-electron chi connectivity index (χ4n) is 1.41. The first-order chi connectivity index (χ1) is 7.79. The maximum atomic E-state index is 11.7. The van der Waals surface area contributed by atoms with Gasteiger partial charge in [-0.1, -0.05) is 20.3 Å². The zero-order chi connectivity index (χ0) is 13.6. The highest BCUT2D eigenvalue weighted by Crippen LogP contribution is 2.08. The van der Waals surface area contributed by atoms with Crippen molar-refractivity contribution in [3.63, 3.8) is 0 Å². The van der Waals surface area contributed by atoms with Crippen LogP contribution < -0.4 is 5.32 Å². The van der Waals surface area contributed by atoms with E-state index in [1.165, 1.54) is 11.9 Å². The van der Waals surface area contributed by atoms with Gasteiger partial charge in [0.05, 0.1) is 6.10 Å². The van der Waals surface area contributed by atoms with Crippen LogP contribution in [0.15, 0.2) is 0 Å². The van der Waals surface area contributed by atoms with Gasteiger partial charge in [-0.3, -0.25) is 0 Å². The lowest BCUT2D eigenvalue weighted by Crippen LogP contribution is -2.50. The number of amides is 2. The topological polar surface area (TPSA) is 89.9 Å². The Balaban J connectivity index is 4.45. The van der Waals surface area contributed by atoms with Crippen LogP contribution in [0.3, 0.4) is 0 Å². The molecule has 6 nitrogen and oxygen atoms in total.